The maximum absolute atomic E-state index is 8.71. The van der Waals surface area contributed by atoms with Crippen molar-refractivity contribution in [1.29, 1.82) is 0 Å². The van der Waals surface area contributed by atoms with Crippen molar-refractivity contribution in [3.63, 3.8) is 0 Å². The Balaban J connectivity index is 2.32. The van der Waals surface area contributed by atoms with Crippen molar-refractivity contribution in [3.8, 4) is 0 Å². The summed E-state index contributed by atoms with van der Waals surface area (Å²) in [5, 5.41) is 9.85. The summed E-state index contributed by atoms with van der Waals surface area (Å²) in [6.07, 6.45) is 1.67. The van der Waals surface area contributed by atoms with Gasteiger partial charge in [0, 0.05) is 28.9 Å². The Labute approximate surface area is 82.6 Å². The zero-order valence-corrected chi connectivity index (χ0v) is 7.96. The van der Waals surface area contributed by atoms with Gasteiger partial charge in [0.15, 0.2) is 0 Å². The molecule has 0 spiro atoms. The van der Waals surface area contributed by atoms with E-state index in [1.165, 1.54) is 0 Å². The molecule has 0 bridgehead atoms. The van der Waals surface area contributed by atoms with Crippen molar-refractivity contribution in [2.45, 2.75) is 12.8 Å². The molecular formula is C11H14N2O. The highest BCUT2D eigenvalue weighted by atomic mass is 16.2. The summed E-state index contributed by atoms with van der Waals surface area (Å²) in [6, 6.07) is 7.90. The van der Waals surface area contributed by atoms with Crippen molar-refractivity contribution in [2.24, 2.45) is 0 Å². The van der Waals surface area contributed by atoms with E-state index in [4.69, 9.17) is 10.8 Å². The highest BCUT2D eigenvalue weighted by Crippen LogP contribution is 2.18. The molecule has 0 saturated heterocycles. The lowest BCUT2D eigenvalue weighted by atomic mass is 10.2. The Morgan fingerprint density at radius 3 is 2.93 bits per heavy atom. The number of hydrogen-bond acceptors (Lipinski definition) is 2. The van der Waals surface area contributed by atoms with Crippen molar-refractivity contribution in [2.75, 3.05) is 12.3 Å². The summed E-state index contributed by atoms with van der Waals surface area (Å²) < 4.78 is 0. The molecule has 0 amide bonds. The number of aromatic nitrogens is 1. The van der Waals surface area contributed by atoms with Crippen LogP contribution in [-0.2, 0) is 6.42 Å². The SMILES string of the molecule is Nc1ccc2[nH]c(CCCO)cc2c1. The minimum atomic E-state index is 0.234. The Morgan fingerprint density at radius 1 is 1.29 bits per heavy atom. The van der Waals surface area contributed by atoms with Crippen LogP contribution in [0.2, 0.25) is 0 Å². The van der Waals surface area contributed by atoms with Crippen LogP contribution in [0.5, 0.6) is 0 Å². The number of fused-ring (bicyclic) bond motifs is 1. The quantitative estimate of drug-likeness (QED) is 0.645. The molecule has 74 valence electrons. The normalized spacial score (nSPS) is 10.9. The first-order chi connectivity index (χ1) is 6.79. The summed E-state index contributed by atoms with van der Waals surface area (Å²) in [5.74, 6) is 0. The predicted molar refractivity (Wildman–Crippen MR) is 58.1 cm³/mol. The maximum atomic E-state index is 8.71. The Kier molecular flexibility index (Phi) is 2.41. The molecule has 1 heterocycles. The Hall–Kier alpha value is -1.48. The van der Waals surface area contributed by atoms with Gasteiger partial charge >= 0.3 is 0 Å². The van der Waals surface area contributed by atoms with Gasteiger partial charge in [0.1, 0.15) is 0 Å². The van der Waals surface area contributed by atoms with Crippen LogP contribution >= 0.6 is 0 Å². The van der Waals surface area contributed by atoms with E-state index in [9.17, 15) is 0 Å². The van der Waals surface area contributed by atoms with Crippen LogP contribution in [0.15, 0.2) is 24.3 Å². The average molecular weight is 190 g/mol. The van der Waals surface area contributed by atoms with E-state index in [0.717, 1.165) is 35.1 Å². The highest BCUT2D eigenvalue weighted by molar-refractivity contribution is 5.83. The van der Waals surface area contributed by atoms with Crippen molar-refractivity contribution < 1.29 is 5.11 Å². The van der Waals surface area contributed by atoms with Crippen LogP contribution < -0.4 is 5.73 Å². The van der Waals surface area contributed by atoms with Gasteiger partial charge in [-0.05, 0) is 37.1 Å². The molecule has 0 aliphatic heterocycles. The number of aryl methyl sites for hydroxylation is 1. The Morgan fingerprint density at radius 2 is 2.14 bits per heavy atom. The monoisotopic (exact) mass is 190 g/mol. The number of nitrogens with two attached hydrogens (primary N) is 1. The molecule has 0 unspecified atom stereocenters. The van der Waals surface area contributed by atoms with E-state index in [1.807, 2.05) is 18.2 Å². The van der Waals surface area contributed by atoms with Crippen LogP contribution in [0.3, 0.4) is 0 Å². The first-order valence-corrected chi connectivity index (χ1v) is 4.77. The molecule has 0 radical (unpaired) electrons. The van der Waals surface area contributed by atoms with Gasteiger partial charge in [0.25, 0.3) is 0 Å². The van der Waals surface area contributed by atoms with Crippen LogP contribution in [0.1, 0.15) is 12.1 Å². The molecular weight excluding hydrogens is 176 g/mol. The van der Waals surface area contributed by atoms with Crippen molar-refractivity contribution in [1.82, 2.24) is 4.98 Å². The van der Waals surface area contributed by atoms with Gasteiger partial charge < -0.3 is 15.8 Å². The zero-order chi connectivity index (χ0) is 9.97. The standard InChI is InChI=1S/C11H14N2O/c12-9-3-4-11-8(6-9)7-10(13-11)2-1-5-14/h3-4,6-7,13-14H,1-2,5,12H2. The number of rotatable bonds is 3. The van der Waals surface area contributed by atoms with Gasteiger partial charge in [-0.1, -0.05) is 0 Å². The number of nitrogen functional groups attached to an aromatic ring is 1. The van der Waals surface area contributed by atoms with Gasteiger partial charge in [-0.2, -0.15) is 0 Å². The summed E-state index contributed by atoms with van der Waals surface area (Å²) in [4.78, 5) is 3.29. The molecule has 0 atom stereocenters. The highest BCUT2D eigenvalue weighted by Gasteiger charge is 2.00. The number of anilines is 1. The van der Waals surface area contributed by atoms with Crippen molar-refractivity contribution >= 4 is 16.6 Å². The minimum Gasteiger partial charge on any atom is -0.399 e. The van der Waals surface area contributed by atoms with E-state index in [2.05, 4.69) is 11.1 Å². The van der Waals surface area contributed by atoms with Gasteiger partial charge in [0.05, 0.1) is 0 Å². The van der Waals surface area contributed by atoms with Crippen LogP contribution in [0.4, 0.5) is 5.69 Å². The smallest absolute Gasteiger partial charge is 0.0457 e. The first kappa shape index (κ1) is 9.09. The van der Waals surface area contributed by atoms with E-state index in [-0.39, 0.29) is 6.61 Å². The predicted octanol–water partition coefficient (Wildman–Crippen LogP) is 1.67. The number of nitrogens with one attached hydrogen (secondary N) is 1. The summed E-state index contributed by atoms with van der Waals surface area (Å²) in [6.45, 7) is 0.234. The number of aliphatic hydroxyl groups excluding tert-OH is 1. The molecule has 3 heteroatoms. The molecule has 0 aliphatic carbocycles. The molecule has 2 aromatic rings. The maximum Gasteiger partial charge on any atom is 0.0457 e. The molecule has 4 N–H and O–H groups in total. The fourth-order valence-corrected chi connectivity index (χ4v) is 1.62. The van der Waals surface area contributed by atoms with Gasteiger partial charge in [-0.25, -0.2) is 0 Å². The second-order valence-electron chi connectivity index (χ2n) is 3.47. The van der Waals surface area contributed by atoms with Crippen LogP contribution in [-0.4, -0.2) is 16.7 Å². The number of H-pyrrole nitrogens is 1. The van der Waals surface area contributed by atoms with E-state index in [0.29, 0.717) is 0 Å². The molecule has 0 saturated carbocycles. The number of benzene rings is 1. The lowest BCUT2D eigenvalue weighted by Gasteiger charge is -1.92. The molecule has 0 fully saturated rings. The lowest BCUT2D eigenvalue weighted by Crippen LogP contribution is -1.88. The summed E-state index contributed by atoms with van der Waals surface area (Å²) in [5.41, 5.74) is 8.72. The van der Waals surface area contributed by atoms with E-state index < -0.39 is 0 Å². The molecule has 14 heavy (non-hydrogen) atoms. The van der Waals surface area contributed by atoms with Crippen LogP contribution in [0.25, 0.3) is 10.9 Å². The summed E-state index contributed by atoms with van der Waals surface area (Å²) >= 11 is 0. The molecule has 1 aromatic heterocycles. The largest absolute Gasteiger partial charge is 0.399 e. The summed E-state index contributed by atoms with van der Waals surface area (Å²) in [7, 11) is 0. The zero-order valence-electron chi connectivity index (χ0n) is 7.96. The van der Waals surface area contributed by atoms with Gasteiger partial charge in [-0.3, -0.25) is 0 Å². The Bertz CT molecular complexity index is 434. The number of aromatic amines is 1. The van der Waals surface area contributed by atoms with E-state index >= 15 is 0 Å². The second-order valence-corrected chi connectivity index (χ2v) is 3.47. The fraction of sp³-hybridized carbons (Fsp3) is 0.273. The van der Waals surface area contributed by atoms with E-state index in [1.54, 1.807) is 0 Å². The van der Waals surface area contributed by atoms with Gasteiger partial charge in [0.2, 0.25) is 0 Å². The first-order valence-electron chi connectivity index (χ1n) is 4.77. The topological polar surface area (TPSA) is 62.0 Å². The fourth-order valence-electron chi connectivity index (χ4n) is 1.62. The third-order valence-electron chi connectivity index (χ3n) is 2.30. The van der Waals surface area contributed by atoms with Gasteiger partial charge in [-0.15, -0.1) is 0 Å². The number of aliphatic hydroxyl groups is 1. The molecule has 3 nitrogen and oxygen atoms in total. The molecule has 1 aromatic carbocycles. The minimum absolute atomic E-state index is 0.234. The second kappa shape index (κ2) is 3.72. The molecule has 2 rings (SSSR count). The third-order valence-corrected chi connectivity index (χ3v) is 2.30. The lowest BCUT2D eigenvalue weighted by molar-refractivity contribution is 0.288. The van der Waals surface area contributed by atoms with Crippen molar-refractivity contribution in [3.05, 3.63) is 30.0 Å². The molecule has 0 aliphatic rings. The van der Waals surface area contributed by atoms with Crippen LogP contribution in [0, 0.1) is 0 Å². The third kappa shape index (κ3) is 1.72. The number of hydrogen-bond donors (Lipinski definition) is 3. The average Bonchev–Trinajstić information content (AvgIpc) is 2.56.